The molecule has 0 aromatic rings. The molecule has 2 atom stereocenters. The van der Waals surface area contributed by atoms with Crippen molar-refractivity contribution < 1.29 is 4.74 Å². The van der Waals surface area contributed by atoms with Crippen LogP contribution in [-0.2, 0) is 4.74 Å². The molecule has 2 N–H and O–H groups in total. The summed E-state index contributed by atoms with van der Waals surface area (Å²) in [5, 5.41) is 7.16. The van der Waals surface area contributed by atoms with Crippen molar-refractivity contribution in [3.05, 3.63) is 0 Å². The lowest BCUT2D eigenvalue weighted by Crippen LogP contribution is -2.45. The van der Waals surface area contributed by atoms with E-state index in [1.54, 1.807) is 0 Å². The molecule has 0 radical (unpaired) electrons. The van der Waals surface area contributed by atoms with Crippen molar-refractivity contribution in [3.8, 4) is 0 Å². The number of hydrogen-bond acceptors (Lipinski definition) is 3. The third kappa shape index (κ3) is 3.19. The minimum atomic E-state index is 0.499. The molecule has 0 aromatic carbocycles. The van der Waals surface area contributed by atoms with Crippen LogP contribution < -0.4 is 10.6 Å². The van der Waals surface area contributed by atoms with Crippen LogP contribution in [0.15, 0.2) is 0 Å². The van der Waals surface area contributed by atoms with Gasteiger partial charge in [-0.15, -0.1) is 0 Å². The standard InChI is InChI=1S/C13H26N2O/c1-11(12-3-8-16-9-12)15-10-13(2)4-6-14-7-5-13/h11-12,14-15H,3-10H2,1-2H3. The molecule has 0 spiro atoms. The highest BCUT2D eigenvalue weighted by Crippen LogP contribution is 2.27. The third-order valence-corrected chi connectivity index (χ3v) is 4.33. The molecule has 0 saturated carbocycles. The number of hydrogen-bond donors (Lipinski definition) is 2. The summed E-state index contributed by atoms with van der Waals surface area (Å²) in [5.74, 6) is 0.727. The molecule has 2 aliphatic heterocycles. The zero-order chi connectivity index (χ0) is 11.4. The third-order valence-electron chi connectivity index (χ3n) is 4.33. The first kappa shape index (κ1) is 12.3. The summed E-state index contributed by atoms with van der Waals surface area (Å²) >= 11 is 0. The fourth-order valence-corrected chi connectivity index (χ4v) is 2.73. The Labute approximate surface area is 99.3 Å². The van der Waals surface area contributed by atoms with Crippen LogP contribution in [0.1, 0.15) is 33.1 Å². The smallest absolute Gasteiger partial charge is 0.0509 e. The van der Waals surface area contributed by atoms with Crippen molar-refractivity contribution in [1.82, 2.24) is 10.6 Å². The molecule has 2 fully saturated rings. The molecular formula is C13H26N2O. The fraction of sp³-hybridized carbons (Fsp3) is 1.00. The second kappa shape index (κ2) is 5.48. The maximum Gasteiger partial charge on any atom is 0.0509 e. The van der Waals surface area contributed by atoms with Gasteiger partial charge in [0.25, 0.3) is 0 Å². The van der Waals surface area contributed by atoms with Gasteiger partial charge in [0.15, 0.2) is 0 Å². The topological polar surface area (TPSA) is 33.3 Å². The quantitative estimate of drug-likeness (QED) is 0.760. The van der Waals surface area contributed by atoms with Gasteiger partial charge in [-0.3, -0.25) is 0 Å². The summed E-state index contributed by atoms with van der Waals surface area (Å²) in [6, 6.07) is 0.606. The van der Waals surface area contributed by atoms with Crippen LogP contribution in [0, 0.1) is 11.3 Å². The van der Waals surface area contributed by atoms with E-state index >= 15 is 0 Å². The van der Waals surface area contributed by atoms with Gasteiger partial charge in [0, 0.05) is 19.2 Å². The van der Waals surface area contributed by atoms with Crippen molar-refractivity contribution in [2.24, 2.45) is 11.3 Å². The molecule has 3 heteroatoms. The summed E-state index contributed by atoms with van der Waals surface area (Å²) in [7, 11) is 0. The predicted molar refractivity (Wildman–Crippen MR) is 66.6 cm³/mol. The lowest BCUT2D eigenvalue weighted by Gasteiger charge is -2.36. The SMILES string of the molecule is CC(NCC1(C)CCNCC1)C1CCOC1. The highest BCUT2D eigenvalue weighted by atomic mass is 16.5. The summed E-state index contributed by atoms with van der Waals surface area (Å²) in [6.07, 6.45) is 3.83. The first-order chi connectivity index (χ1) is 7.70. The van der Waals surface area contributed by atoms with Crippen LogP contribution in [0.3, 0.4) is 0 Å². The van der Waals surface area contributed by atoms with E-state index < -0.39 is 0 Å². The first-order valence-corrected chi connectivity index (χ1v) is 6.71. The Morgan fingerprint density at radius 2 is 2.19 bits per heavy atom. The van der Waals surface area contributed by atoms with E-state index in [0.717, 1.165) is 25.7 Å². The maximum absolute atomic E-state index is 5.45. The Hall–Kier alpha value is -0.120. The zero-order valence-corrected chi connectivity index (χ0v) is 10.7. The van der Waals surface area contributed by atoms with Gasteiger partial charge in [0.05, 0.1) is 6.61 Å². The Balaban J connectivity index is 1.72. The second-order valence-corrected chi connectivity index (χ2v) is 5.85. The van der Waals surface area contributed by atoms with E-state index in [4.69, 9.17) is 4.74 Å². The van der Waals surface area contributed by atoms with Crippen LogP contribution in [0.25, 0.3) is 0 Å². The number of rotatable bonds is 4. The van der Waals surface area contributed by atoms with Crippen LogP contribution in [0.4, 0.5) is 0 Å². The normalized spacial score (nSPS) is 31.5. The lowest BCUT2D eigenvalue weighted by molar-refractivity contribution is 0.169. The van der Waals surface area contributed by atoms with E-state index in [-0.39, 0.29) is 0 Å². The van der Waals surface area contributed by atoms with Crippen molar-refractivity contribution in [2.75, 3.05) is 32.8 Å². The number of piperidine rings is 1. The molecule has 2 rings (SSSR count). The summed E-state index contributed by atoms with van der Waals surface area (Å²) in [6.45, 7) is 10.2. The molecule has 0 aliphatic carbocycles. The average molecular weight is 226 g/mol. The first-order valence-electron chi connectivity index (χ1n) is 6.71. The molecule has 0 aromatic heterocycles. The van der Waals surface area contributed by atoms with Gasteiger partial charge in [0.1, 0.15) is 0 Å². The monoisotopic (exact) mass is 226 g/mol. The van der Waals surface area contributed by atoms with Gasteiger partial charge in [-0.2, -0.15) is 0 Å². The average Bonchev–Trinajstić information content (AvgIpc) is 2.80. The summed E-state index contributed by atoms with van der Waals surface area (Å²) in [5.41, 5.74) is 0.499. The van der Waals surface area contributed by atoms with Gasteiger partial charge >= 0.3 is 0 Å². The Morgan fingerprint density at radius 1 is 1.44 bits per heavy atom. The molecule has 3 nitrogen and oxygen atoms in total. The van der Waals surface area contributed by atoms with Crippen molar-refractivity contribution >= 4 is 0 Å². The Bertz CT molecular complexity index is 208. The van der Waals surface area contributed by atoms with Crippen LogP contribution in [0.5, 0.6) is 0 Å². The number of nitrogens with one attached hydrogen (secondary N) is 2. The van der Waals surface area contributed by atoms with Gasteiger partial charge in [-0.25, -0.2) is 0 Å². The minimum Gasteiger partial charge on any atom is -0.381 e. The molecule has 0 bridgehead atoms. The molecular weight excluding hydrogens is 200 g/mol. The number of ether oxygens (including phenoxy) is 1. The minimum absolute atomic E-state index is 0.499. The zero-order valence-electron chi connectivity index (χ0n) is 10.7. The van der Waals surface area contributed by atoms with Gasteiger partial charge in [-0.1, -0.05) is 6.92 Å². The summed E-state index contributed by atoms with van der Waals surface area (Å²) in [4.78, 5) is 0. The molecule has 0 amide bonds. The predicted octanol–water partition coefficient (Wildman–Crippen LogP) is 1.39. The van der Waals surface area contributed by atoms with Crippen molar-refractivity contribution in [1.29, 1.82) is 0 Å². The van der Waals surface area contributed by atoms with E-state index in [1.807, 2.05) is 0 Å². The Morgan fingerprint density at radius 3 is 2.81 bits per heavy atom. The van der Waals surface area contributed by atoms with E-state index in [2.05, 4.69) is 24.5 Å². The van der Waals surface area contributed by atoms with Gasteiger partial charge in [-0.05, 0) is 50.6 Å². The molecule has 16 heavy (non-hydrogen) atoms. The fourth-order valence-electron chi connectivity index (χ4n) is 2.73. The Kier molecular flexibility index (Phi) is 4.22. The lowest BCUT2D eigenvalue weighted by atomic mass is 9.80. The largest absolute Gasteiger partial charge is 0.381 e. The molecule has 2 saturated heterocycles. The maximum atomic E-state index is 5.45. The second-order valence-electron chi connectivity index (χ2n) is 5.85. The van der Waals surface area contributed by atoms with Crippen LogP contribution >= 0.6 is 0 Å². The molecule has 94 valence electrons. The molecule has 2 heterocycles. The molecule has 2 unspecified atom stereocenters. The van der Waals surface area contributed by atoms with Crippen molar-refractivity contribution in [3.63, 3.8) is 0 Å². The van der Waals surface area contributed by atoms with E-state index in [9.17, 15) is 0 Å². The van der Waals surface area contributed by atoms with Crippen molar-refractivity contribution in [2.45, 2.75) is 39.2 Å². The highest BCUT2D eigenvalue weighted by molar-refractivity contribution is 4.85. The molecule has 2 aliphatic rings. The van der Waals surface area contributed by atoms with Crippen LogP contribution in [0.2, 0.25) is 0 Å². The highest BCUT2D eigenvalue weighted by Gasteiger charge is 2.28. The van der Waals surface area contributed by atoms with Gasteiger partial charge < -0.3 is 15.4 Å². The summed E-state index contributed by atoms with van der Waals surface area (Å²) < 4.78 is 5.45. The van der Waals surface area contributed by atoms with Gasteiger partial charge in [0.2, 0.25) is 0 Å². The van der Waals surface area contributed by atoms with E-state index in [0.29, 0.717) is 11.5 Å². The van der Waals surface area contributed by atoms with Crippen LogP contribution in [-0.4, -0.2) is 38.9 Å². The van der Waals surface area contributed by atoms with E-state index in [1.165, 1.54) is 32.4 Å².